The number of ether oxygens (including phenoxy) is 1. The quantitative estimate of drug-likeness (QED) is 0.407. The van der Waals surface area contributed by atoms with Gasteiger partial charge in [-0.1, -0.05) is 26.8 Å². The summed E-state index contributed by atoms with van der Waals surface area (Å²) in [5, 5.41) is 0. The number of nitrogens with two attached hydrogens (primary N) is 2. The summed E-state index contributed by atoms with van der Waals surface area (Å²) < 4.78 is 6.64. The highest BCUT2D eigenvalue weighted by Gasteiger charge is 2.19. The molecule has 134 valence electrons. The fourth-order valence-corrected chi connectivity index (χ4v) is 2.85. The van der Waals surface area contributed by atoms with E-state index in [4.69, 9.17) is 16.3 Å². The van der Waals surface area contributed by atoms with Crippen LogP contribution in [0, 0.1) is 6.92 Å². The number of carbonyl (C=O) groups is 1. The third-order valence-corrected chi connectivity index (χ3v) is 4.32. The number of anilines is 1. The normalized spacial score (nSPS) is 11.3. The highest BCUT2D eigenvalue weighted by atomic mass is 79.9. The van der Waals surface area contributed by atoms with Gasteiger partial charge in [-0.25, -0.2) is 15.8 Å². The number of aromatic nitrogens is 2. The monoisotopic (exact) mass is 407 g/mol. The molecular weight excluding hydrogens is 386 g/mol. The Balaban J connectivity index is 2.29. The van der Waals surface area contributed by atoms with E-state index in [2.05, 4.69) is 52.1 Å². The van der Waals surface area contributed by atoms with E-state index < -0.39 is 5.91 Å². The molecule has 0 fully saturated rings. The van der Waals surface area contributed by atoms with Gasteiger partial charge in [0.2, 0.25) is 5.95 Å². The third-order valence-electron chi connectivity index (χ3n) is 3.70. The molecule has 1 heterocycles. The van der Waals surface area contributed by atoms with Crippen LogP contribution in [0.2, 0.25) is 0 Å². The van der Waals surface area contributed by atoms with Gasteiger partial charge in [-0.2, -0.15) is 0 Å². The summed E-state index contributed by atoms with van der Waals surface area (Å²) in [7, 11) is 0. The van der Waals surface area contributed by atoms with Gasteiger partial charge in [0.1, 0.15) is 12.4 Å². The third kappa shape index (κ3) is 4.46. The van der Waals surface area contributed by atoms with Crippen molar-refractivity contribution in [2.24, 2.45) is 5.84 Å². The van der Waals surface area contributed by atoms with E-state index in [0.717, 1.165) is 4.47 Å². The van der Waals surface area contributed by atoms with Crippen LogP contribution in [0.25, 0.3) is 0 Å². The zero-order valence-electron chi connectivity index (χ0n) is 14.7. The average Bonchev–Trinajstić information content (AvgIpc) is 2.51. The second kappa shape index (κ2) is 7.37. The van der Waals surface area contributed by atoms with E-state index in [1.54, 1.807) is 6.92 Å². The fraction of sp³-hybridized carbons (Fsp3) is 0.353. The number of hydrogen-bond acceptors (Lipinski definition) is 6. The van der Waals surface area contributed by atoms with Crippen LogP contribution in [0.4, 0.5) is 5.95 Å². The molecule has 1 aromatic carbocycles. The van der Waals surface area contributed by atoms with Crippen molar-refractivity contribution < 1.29 is 9.53 Å². The van der Waals surface area contributed by atoms with E-state index >= 15 is 0 Å². The molecule has 0 saturated heterocycles. The van der Waals surface area contributed by atoms with Gasteiger partial charge in [-0.15, -0.1) is 0 Å². The molecule has 0 aliphatic rings. The van der Waals surface area contributed by atoms with Crippen LogP contribution >= 0.6 is 15.9 Å². The second-order valence-electron chi connectivity index (χ2n) is 6.65. The van der Waals surface area contributed by atoms with Crippen molar-refractivity contribution >= 4 is 27.8 Å². The predicted molar refractivity (Wildman–Crippen MR) is 100 cm³/mol. The van der Waals surface area contributed by atoms with Crippen LogP contribution in [0.3, 0.4) is 0 Å². The van der Waals surface area contributed by atoms with E-state index in [1.165, 1.54) is 5.56 Å². The molecule has 8 heteroatoms. The summed E-state index contributed by atoms with van der Waals surface area (Å²) in [6, 6.07) is 5.90. The first-order chi connectivity index (χ1) is 11.6. The maximum absolute atomic E-state index is 12.0. The van der Waals surface area contributed by atoms with Crippen LogP contribution in [0.1, 0.15) is 48.1 Å². The summed E-state index contributed by atoms with van der Waals surface area (Å²) in [5.74, 6) is 5.46. The number of amides is 1. The molecule has 7 nitrogen and oxygen atoms in total. The lowest BCUT2D eigenvalue weighted by atomic mass is 9.87. The van der Waals surface area contributed by atoms with Crippen molar-refractivity contribution in [3.63, 3.8) is 0 Å². The Labute approximate surface area is 155 Å². The number of hydrazine groups is 1. The Bertz CT molecular complexity index is 802. The van der Waals surface area contributed by atoms with Crippen molar-refractivity contribution in [1.82, 2.24) is 15.4 Å². The van der Waals surface area contributed by atoms with Gasteiger partial charge in [0.05, 0.1) is 21.4 Å². The molecule has 25 heavy (non-hydrogen) atoms. The zero-order valence-corrected chi connectivity index (χ0v) is 16.3. The molecule has 0 spiro atoms. The fourth-order valence-electron chi connectivity index (χ4n) is 2.36. The molecule has 0 saturated carbocycles. The maximum Gasteiger partial charge on any atom is 0.269 e. The van der Waals surface area contributed by atoms with Crippen molar-refractivity contribution in [3.05, 3.63) is 45.2 Å². The SMILES string of the molecule is Cc1nc(N)nc(COc2ccc(C(C)(C)C)cc2Br)c1C(=O)NN. The van der Waals surface area contributed by atoms with Crippen molar-refractivity contribution in [1.29, 1.82) is 0 Å². The lowest BCUT2D eigenvalue weighted by Crippen LogP contribution is -2.32. The van der Waals surface area contributed by atoms with Crippen molar-refractivity contribution in [3.8, 4) is 5.75 Å². The van der Waals surface area contributed by atoms with E-state index in [0.29, 0.717) is 17.1 Å². The molecule has 0 radical (unpaired) electrons. The first-order valence-corrected chi connectivity index (χ1v) is 8.49. The van der Waals surface area contributed by atoms with Crippen LogP contribution in [-0.4, -0.2) is 15.9 Å². The minimum atomic E-state index is -0.488. The zero-order chi connectivity index (χ0) is 18.8. The molecular formula is C17H22BrN5O2. The summed E-state index contributed by atoms with van der Waals surface area (Å²) in [4.78, 5) is 20.1. The second-order valence-corrected chi connectivity index (χ2v) is 7.50. The molecule has 0 atom stereocenters. The molecule has 2 aromatic rings. The van der Waals surface area contributed by atoms with Gasteiger partial charge in [0, 0.05) is 0 Å². The Hall–Kier alpha value is -2.19. The Morgan fingerprint density at radius 1 is 1.32 bits per heavy atom. The number of carbonyl (C=O) groups excluding carboxylic acids is 1. The standard InChI is InChI=1S/C17H22BrN5O2/c1-9-14(15(24)23-20)12(22-16(19)21-9)8-25-13-6-5-10(7-11(13)18)17(2,3)4/h5-7H,8,20H2,1-4H3,(H,23,24)(H2,19,21,22). The van der Waals surface area contributed by atoms with Crippen molar-refractivity contribution in [2.75, 3.05) is 5.73 Å². The molecule has 0 bridgehead atoms. The number of aryl methyl sites for hydroxylation is 1. The summed E-state index contributed by atoms with van der Waals surface area (Å²) in [6.45, 7) is 8.14. The van der Waals surface area contributed by atoms with Gasteiger partial charge in [0.15, 0.2) is 0 Å². The molecule has 2 rings (SSSR count). The molecule has 1 aromatic heterocycles. The number of rotatable bonds is 4. The first kappa shape index (κ1) is 19.1. The van der Waals surface area contributed by atoms with Gasteiger partial charge in [-0.05, 0) is 46.0 Å². The molecule has 1 amide bonds. The highest BCUT2D eigenvalue weighted by Crippen LogP contribution is 2.32. The molecule has 0 aliphatic heterocycles. The number of nitrogen functional groups attached to an aromatic ring is 2. The average molecular weight is 408 g/mol. The number of benzene rings is 1. The Morgan fingerprint density at radius 2 is 2.00 bits per heavy atom. The Morgan fingerprint density at radius 3 is 2.56 bits per heavy atom. The summed E-state index contributed by atoms with van der Waals surface area (Å²) in [5.41, 5.74) is 10.1. The molecule has 0 aliphatic carbocycles. The van der Waals surface area contributed by atoms with E-state index in [9.17, 15) is 4.79 Å². The topological polar surface area (TPSA) is 116 Å². The van der Waals surface area contributed by atoms with Crippen molar-refractivity contribution in [2.45, 2.75) is 39.7 Å². The number of hydrogen-bond donors (Lipinski definition) is 3. The highest BCUT2D eigenvalue weighted by molar-refractivity contribution is 9.10. The predicted octanol–water partition coefficient (Wildman–Crippen LogP) is 2.61. The van der Waals surface area contributed by atoms with Gasteiger partial charge in [-0.3, -0.25) is 10.2 Å². The van der Waals surface area contributed by atoms with Gasteiger partial charge >= 0.3 is 0 Å². The van der Waals surface area contributed by atoms with Crippen LogP contribution in [0.5, 0.6) is 5.75 Å². The first-order valence-electron chi connectivity index (χ1n) is 7.70. The van der Waals surface area contributed by atoms with Crippen LogP contribution < -0.4 is 21.7 Å². The smallest absolute Gasteiger partial charge is 0.269 e. The lowest BCUT2D eigenvalue weighted by Gasteiger charge is -2.20. The number of nitrogens with zero attached hydrogens (tertiary/aromatic N) is 2. The molecule has 5 N–H and O–H groups in total. The van der Waals surface area contributed by atoms with E-state index in [1.807, 2.05) is 18.2 Å². The van der Waals surface area contributed by atoms with Crippen LogP contribution in [0.15, 0.2) is 22.7 Å². The maximum atomic E-state index is 12.0. The van der Waals surface area contributed by atoms with Crippen LogP contribution in [-0.2, 0) is 12.0 Å². The number of halogens is 1. The van der Waals surface area contributed by atoms with Gasteiger partial charge < -0.3 is 10.5 Å². The summed E-state index contributed by atoms with van der Waals surface area (Å²) in [6.07, 6.45) is 0. The minimum absolute atomic E-state index is 0.0334. The van der Waals surface area contributed by atoms with Gasteiger partial charge in [0.25, 0.3) is 5.91 Å². The molecule has 0 unspecified atom stereocenters. The Kier molecular flexibility index (Phi) is 5.64. The summed E-state index contributed by atoms with van der Waals surface area (Å²) >= 11 is 3.52. The van der Waals surface area contributed by atoms with E-state index in [-0.39, 0.29) is 23.5 Å². The minimum Gasteiger partial charge on any atom is -0.486 e. The largest absolute Gasteiger partial charge is 0.486 e. The lowest BCUT2D eigenvalue weighted by molar-refractivity contribution is 0.0949. The number of nitrogens with one attached hydrogen (secondary N) is 1.